The van der Waals surface area contributed by atoms with Gasteiger partial charge in [0.25, 0.3) is 5.91 Å². The Balaban J connectivity index is 1.56. The van der Waals surface area contributed by atoms with Gasteiger partial charge in [0.2, 0.25) is 0 Å². The SMILES string of the molecule is O=C(O)c1ccc(CNC(=O)c2cc(-c3cccc(C(F)(F)F)c3)cc3ccn(Cc4cc(Cl)cc(Cl)c4)c23)cc1. The zero-order chi connectivity index (χ0) is 29.3. The molecular formula is C31H21Cl2F3N2O3. The van der Waals surface area contributed by atoms with Crippen LogP contribution in [0, 0.1) is 0 Å². The van der Waals surface area contributed by atoms with E-state index in [9.17, 15) is 22.8 Å². The van der Waals surface area contributed by atoms with Crippen LogP contribution >= 0.6 is 23.2 Å². The Morgan fingerprint density at radius 2 is 1.54 bits per heavy atom. The first-order chi connectivity index (χ1) is 19.5. The molecule has 0 fully saturated rings. The molecular weight excluding hydrogens is 576 g/mol. The third-order valence-corrected chi connectivity index (χ3v) is 6.99. The average molecular weight is 597 g/mol. The summed E-state index contributed by atoms with van der Waals surface area (Å²) >= 11 is 12.4. The van der Waals surface area contributed by atoms with Crippen molar-refractivity contribution in [3.63, 3.8) is 0 Å². The summed E-state index contributed by atoms with van der Waals surface area (Å²) in [6, 6.07) is 21.3. The van der Waals surface area contributed by atoms with Gasteiger partial charge in [0.1, 0.15) is 0 Å². The van der Waals surface area contributed by atoms with Crippen LogP contribution in [0.5, 0.6) is 0 Å². The van der Waals surface area contributed by atoms with E-state index in [0.29, 0.717) is 44.2 Å². The molecule has 10 heteroatoms. The molecule has 0 unspecified atom stereocenters. The Bertz CT molecular complexity index is 1760. The number of nitrogens with one attached hydrogen (secondary N) is 1. The highest BCUT2D eigenvalue weighted by molar-refractivity contribution is 6.34. The molecule has 4 aromatic carbocycles. The number of halogens is 5. The van der Waals surface area contributed by atoms with Gasteiger partial charge in [-0.1, -0.05) is 47.5 Å². The van der Waals surface area contributed by atoms with Crippen molar-refractivity contribution < 1.29 is 27.9 Å². The molecule has 0 atom stereocenters. The van der Waals surface area contributed by atoms with Crippen LogP contribution in [0.1, 0.15) is 37.4 Å². The zero-order valence-electron chi connectivity index (χ0n) is 21.2. The number of hydrogen-bond acceptors (Lipinski definition) is 2. The lowest BCUT2D eigenvalue weighted by molar-refractivity contribution is -0.137. The highest BCUT2D eigenvalue weighted by Crippen LogP contribution is 2.34. The predicted molar refractivity (Wildman–Crippen MR) is 153 cm³/mol. The summed E-state index contributed by atoms with van der Waals surface area (Å²) in [6.45, 7) is 0.447. The number of aromatic nitrogens is 1. The van der Waals surface area contributed by atoms with Crippen LogP contribution in [0.4, 0.5) is 13.2 Å². The number of alkyl halides is 3. The van der Waals surface area contributed by atoms with E-state index in [-0.39, 0.29) is 17.7 Å². The summed E-state index contributed by atoms with van der Waals surface area (Å²) in [5.74, 6) is -1.51. The quantitative estimate of drug-likeness (QED) is 0.198. The normalized spacial score (nSPS) is 11.5. The van der Waals surface area contributed by atoms with Crippen molar-refractivity contribution in [2.75, 3.05) is 0 Å². The molecule has 1 heterocycles. The molecule has 0 radical (unpaired) electrons. The monoisotopic (exact) mass is 596 g/mol. The van der Waals surface area contributed by atoms with Crippen LogP contribution < -0.4 is 5.32 Å². The molecule has 0 saturated heterocycles. The fourth-order valence-corrected chi connectivity index (χ4v) is 5.21. The fourth-order valence-electron chi connectivity index (χ4n) is 4.64. The average Bonchev–Trinajstić information content (AvgIpc) is 3.33. The van der Waals surface area contributed by atoms with Crippen molar-refractivity contribution in [2.24, 2.45) is 0 Å². The smallest absolute Gasteiger partial charge is 0.416 e. The number of aromatic carboxylic acids is 1. The number of carbonyl (C=O) groups is 2. The van der Waals surface area contributed by atoms with E-state index in [1.54, 1.807) is 60.8 Å². The number of carboxylic acids is 1. The lowest BCUT2D eigenvalue weighted by Gasteiger charge is -2.14. The molecule has 41 heavy (non-hydrogen) atoms. The van der Waals surface area contributed by atoms with E-state index in [2.05, 4.69) is 5.32 Å². The van der Waals surface area contributed by atoms with Crippen LogP contribution in [0.2, 0.25) is 10.0 Å². The van der Waals surface area contributed by atoms with E-state index >= 15 is 0 Å². The summed E-state index contributed by atoms with van der Waals surface area (Å²) in [6.07, 6.45) is -2.73. The molecule has 1 aromatic heterocycles. The molecule has 5 aromatic rings. The first-order valence-electron chi connectivity index (χ1n) is 12.3. The van der Waals surface area contributed by atoms with E-state index in [1.807, 2.05) is 4.57 Å². The molecule has 0 spiro atoms. The third kappa shape index (κ3) is 6.39. The molecule has 5 nitrogen and oxygen atoms in total. The maximum Gasteiger partial charge on any atom is 0.416 e. The molecule has 5 rings (SSSR count). The Kier molecular flexibility index (Phi) is 7.80. The van der Waals surface area contributed by atoms with Gasteiger partial charge in [-0.3, -0.25) is 4.79 Å². The van der Waals surface area contributed by atoms with Crippen LogP contribution in [0.3, 0.4) is 0 Å². The minimum atomic E-state index is -4.52. The van der Waals surface area contributed by atoms with Crippen LogP contribution in [-0.4, -0.2) is 21.6 Å². The van der Waals surface area contributed by atoms with E-state index in [0.717, 1.165) is 17.7 Å². The summed E-state index contributed by atoms with van der Waals surface area (Å²) < 4.78 is 42.1. The number of benzene rings is 4. The van der Waals surface area contributed by atoms with Crippen molar-refractivity contribution >= 4 is 46.0 Å². The van der Waals surface area contributed by atoms with Gasteiger partial charge >= 0.3 is 12.1 Å². The minimum absolute atomic E-state index is 0.110. The molecule has 208 valence electrons. The number of nitrogens with zero attached hydrogens (tertiary/aromatic N) is 1. The van der Waals surface area contributed by atoms with Gasteiger partial charge in [-0.2, -0.15) is 13.2 Å². The topological polar surface area (TPSA) is 71.3 Å². The lowest BCUT2D eigenvalue weighted by atomic mass is 9.98. The molecule has 0 saturated carbocycles. The fraction of sp³-hybridized carbons (Fsp3) is 0.0968. The molecule has 1 amide bonds. The van der Waals surface area contributed by atoms with Gasteiger partial charge in [0.15, 0.2) is 0 Å². The number of carbonyl (C=O) groups excluding carboxylic acids is 1. The number of rotatable bonds is 7. The molecule has 2 N–H and O–H groups in total. The highest BCUT2D eigenvalue weighted by Gasteiger charge is 2.30. The van der Waals surface area contributed by atoms with Gasteiger partial charge < -0.3 is 15.0 Å². The van der Waals surface area contributed by atoms with Crippen LogP contribution in [0.25, 0.3) is 22.0 Å². The molecule has 0 aliphatic rings. The van der Waals surface area contributed by atoms with E-state index in [1.165, 1.54) is 18.2 Å². The van der Waals surface area contributed by atoms with Gasteiger partial charge in [0.05, 0.1) is 22.2 Å². The largest absolute Gasteiger partial charge is 0.478 e. The summed E-state index contributed by atoms with van der Waals surface area (Å²) in [7, 11) is 0. The van der Waals surface area contributed by atoms with Crippen LogP contribution in [-0.2, 0) is 19.3 Å². The van der Waals surface area contributed by atoms with Crippen molar-refractivity contribution in [1.29, 1.82) is 0 Å². The summed E-state index contributed by atoms with van der Waals surface area (Å²) in [5.41, 5.74) is 2.41. The maximum atomic E-state index is 13.6. The van der Waals surface area contributed by atoms with E-state index in [4.69, 9.17) is 28.3 Å². The number of carboxylic acid groups (broad SMARTS) is 1. The van der Waals surface area contributed by atoms with Crippen LogP contribution in [0.15, 0.2) is 91.1 Å². The summed E-state index contributed by atoms with van der Waals surface area (Å²) in [5, 5.41) is 13.5. The van der Waals surface area contributed by atoms with Gasteiger partial charge in [-0.15, -0.1) is 0 Å². The van der Waals surface area contributed by atoms with Gasteiger partial charge in [-0.05, 0) is 82.9 Å². The number of amides is 1. The second-order valence-corrected chi connectivity index (χ2v) is 10.3. The van der Waals surface area contributed by atoms with Crippen molar-refractivity contribution in [1.82, 2.24) is 9.88 Å². The highest BCUT2D eigenvalue weighted by atomic mass is 35.5. The van der Waals surface area contributed by atoms with Crippen molar-refractivity contribution in [2.45, 2.75) is 19.3 Å². The Labute approximate surface area is 242 Å². The maximum absolute atomic E-state index is 13.6. The standard InChI is InChI=1S/C31H21Cl2F3N2O3/c32-25-10-19(11-26(33)15-25)17-38-9-8-22-12-23(21-2-1-3-24(13-21)31(34,35)36)14-27(28(22)38)29(39)37-16-18-4-6-20(7-5-18)30(40)41/h1-15H,16-17H2,(H,37,39)(H,40,41). The molecule has 0 bridgehead atoms. The zero-order valence-corrected chi connectivity index (χ0v) is 22.7. The minimum Gasteiger partial charge on any atom is -0.478 e. The summed E-state index contributed by atoms with van der Waals surface area (Å²) in [4.78, 5) is 24.7. The second kappa shape index (κ2) is 11.3. The predicted octanol–water partition coefficient (Wildman–Crippen LogP) is 8.31. The first-order valence-corrected chi connectivity index (χ1v) is 13.1. The van der Waals surface area contributed by atoms with Gasteiger partial charge in [0, 0.05) is 34.7 Å². The van der Waals surface area contributed by atoms with Gasteiger partial charge in [-0.25, -0.2) is 4.79 Å². The molecule has 0 aliphatic heterocycles. The lowest BCUT2D eigenvalue weighted by Crippen LogP contribution is -2.23. The second-order valence-electron chi connectivity index (χ2n) is 9.45. The Morgan fingerprint density at radius 1 is 0.829 bits per heavy atom. The Morgan fingerprint density at radius 3 is 2.20 bits per heavy atom. The third-order valence-electron chi connectivity index (χ3n) is 6.56. The first kappa shape index (κ1) is 28.3. The number of hydrogen-bond donors (Lipinski definition) is 2. The Hall–Kier alpha value is -4.27. The molecule has 0 aliphatic carbocycles. The number of fused-ring (bicyclic) bond motifs is 1. The van der Waals surface area contributed by atoms with Crippen molar-refractivity contribution in [3.8, 4) is 11.1 Å². The van der Waals surface area contributed by atoms with Crippen molar-refractivity contribution in [3.05, 3.63) is 129 Å². The van der Waals surface area contributed by atoms with E-state index < -0.39 is 23.6 Å².